The monoisotopic (exact) mass is 250 g/mol. The zero-order valence-corrected chi connectivity index (χ0v) is 10.9. The first-order valence-corrected chi connectivity index (χ1v) is 7.01. The molecule has 0 bridgehead atoms. The minimum Gasteiger partial charge on any atom is -0.337 e. The third kappa shape index (κ3) is 2.81. The lowest BCUT2D eigenvalue weighted by Gasteiger charge is -2.25. The number of likely N-dealkylation sites (tertiary alicyclic amines) is 1. The van der Waals surface area contributed by atoms with Gasteiger partial charge in [0, 0.05) is 39.1 Å². The Bertz CT molecular complexity index is 364. The van der Waals surface area contributed by atoms with Gasteiger partial charge in [0.1, 0.15) is 5.82 Å². The third-order valence-corrected chi connectivity index (χ3v) is 3.78. The highest BCUT2D eigenvalue weighted by Crippen LogP contribution is 2.10. The van der Waals surface area contributed by atoms with E-state index < -0.39 is 0 Å². The van der Waals surface area contributed by atoms with E-state index in [0.29, 0.717) is 0 Å². The van der Waals surface area contributed by atoms with E-state index in [1.165, 1.54) is 25.9 Å². The standard InChI is InChI=1S/C12H22N6/c1-2-7-17(6-1)8-3-11-14-12(16-15-11)18-9-4-13-5-10-18/h13H,1-10H2,(H,14,15,16). The molecule has 0 unspecified atom stereocenters. The van der Waals surface area contributed by atoms with Crippen molar-refractivity contribution in [2.45, 2.75) is 19.3 Å². The average molecular weight is 250 g/mol. The van der Waals surface area contributed by atoms with Crippen molar-refractivity contribution in [1.82, 2.24) is 25.4 Å². The van der Waals surface area contributed by atoms with Gasteiger partial charge < -0.3 is 15.1 Å². The fourth-order valence-electron chi connectivity index (χ4n) is 2.67. The molecule has 0 saturated carbocycles. The largest absolute Gasteiger partial charge is 0.337 e. The van der Waals surface area contributed by atoms with Crippen LogP contribution < -0.4 is 10.2 Å². The Morgan fingerprint density at radius 3 is 2.61 bits per heavy atom. The van der Waals surface area contributed by atoms with Crippen LogP contribution in [0.1, 0.15) is 18.7 Å². The molecule has 1 aromatic rings. The van der Waals surface area contributed by atoms with Crippen molar-refractivity contribution in [3.63, 3.8) is 0 Å². The Morgan fingerprint density at radius 2 is 1.83 bits per heavy atom. The Balaban J connectivity index is 1.52. The van der Waals surface area contributed by atoms with Crippen LogP contribution in [0.5, 0.6) is 0 Å². The minimum absolute atomic E-state index is 0.868. The Morgan fingerprint density at radius 1 is 1.06 bits per heavy atom. The summed E-state index contributed by atoms with van der Waals surface area (Å²) in [5.41, 5.74) is 0. The van der Waals surface area contributed by atoms with E-state index in [1.807, 2.05) is 0 Å². The second-order valence-corrected chi connectivity index (χ2v) is 5.12. The lowest BCUT2D eigenvalue weighted by Crippen LogP contribution is -2.44. The quantitative estimate of drug-likeness (QED) is 0.778. The number of rotatable bonds is 4. The zero-order valence-electron chi connectivity index (χ0n) is 10.9. The SMILES string of the molecule is C1CCN(CCc2nc(N3CCNCC3)n[nH]2)C1. The normalized spacial score (nSPS) is 21.7. The number of anilines is 1. The van der Waals surface area contributed by atoms with Gasteiger partial charge >= 0.3 is 0 Å². The predicted molar refractivity (Wildman–Crippen MR) is 70.8 cm³/mol. The fraction of sp³-hybridized carbons (Fsp3) is 0.833. The van der Waals surface area contributed by atoms with E-state index in [4.69, 9.17) is 0 Å². The summed E-state index contributed by atoms with van der Waals surface area (Å²) in [6, 6.07) is 0. The van der Waals surface area contributed by atoms with Crippen molar-refractivity contribution in [3.05, 3.63) is 5.82 Å². The summed E-state index contributed by atoms with van der Waals surface area (Å²) in [4.78, 5) is 9.35. The molecule has 0 atom stereocenters. The van der Waals surface area contributed by atoms with Crippen molar-refractivity contribution >= 4 is 5.95 Å². The molecule has 1 aromatic heterocycles. The predicted octanol–water partition coefficient (Wildman–Crippen LogP) is -0.147. The Hall–Kier alpha value is -1.14. The molecule has 0 spiro atoms. The molecule has 2 N–H and O–H groups in total. The highest BCUT2D eigenvalue weighted by Gasteiger charge is 2.16. The summed E-state index contributed by atoms with van der Waals surface area (Å²) in [5, 5.41) is 10.7. The van der Waals surface area contributed by atoms with Gasteiger partial charge in [-0.05, 0) is 25.9 Å². The molecule has 2 aliphatic rings. The number of hydrogen-bond acceptors (Lipinski definition) is 5. The van der Waals surface area contributed by atoms with Crippen LogP contribution in [0, 0.1) is 0 Å². The van der Waals surface area contributed by atoms with Gasteiger partial charge in [0.05, 0.1) is 0 Å². The van der Waals surface area contributed by atoms with Crippen molar-refractivity contribution < 1.29 is 0 Å². The summed E-state index contributed by atoms with van der Waals surface area (Å²) in [6.07, 6.45) is 3.68. The minimum atomic E-state index is 0.868. The maximum absolute atomic E-state index is 4.60. The summed E-state index contributed by atoms with van der Waals surface area (Å²) in [7, 11) is 0. The number of nitrogens with zero attached hydrogens (tertiary/aromatic N) is 4. The van der Waals surface area contributed by atoms with Crippen LogP contribution in [0.15, 0.2) is 0 Å². The van der Waals surface area contributed by atoms with Crippen LogP contribution in [0.25, 0.3) is 0 Å². The maximum atomic E-state index is 4.60. The Kier molecular flexibility index (Phi) is 3.75. The molecular weight excluding hydrogens is 228 g/mol. The molecule has 100 valence electrons. The second-order valence-electron chi connectivity index (χ2n) is 5.12. The number of nitrogens with one attached hydrogen (secondary N) is 2. The first-order valence-electron chi connectivity index (χ1n) is 7.01. The number of hydrogen-bond donors (Lipinski definition) is 2. The molecular formula is C12H22N6. The van der Waals surface area contributed by atoms with Crippen LogP contribution in [-0.4, -0.2) is 65.9 Å². The van der Waals surface area contributed by atoms with Crippen LogP contribution in [0.4, 0.5) is 5.95 Å². The van der Waals surface area contributed by atoms with Crippen molar-refractivity contribution in [3.8, 4) is 0 Å². The van der Waals surface area contributed by atoms with E-state index >= 15 is 0 Å². The molecule has 0 radical (unpaired) electrons. The average Bonchev–Trinajstić information content (AvgIpc) is 3.09. The molecule has 6 nitrogen and oxygen atoms in total. The molecule has 3 rings (SSSR count). The number of aromatic nitrogens is 3. The van der Waals surface area contributed by atoms with Gasteiger partial charge in [-0.2, -0.15) is 4.98 Å². The molecule has 0 aromatic carbocycles. The summed E-state index contributed by atoms with van der Waals surface area (Å²) < 4.78 is 0. The second kappa shape index (κ2) is 5.67. The van der Waals surface area contributed by atoms with E-state index in [2.05, 4.69) is 30.3 Å². The van der Waals surface area contributed by atoms with Crippen molar-refractivity contribution in [2.75, 3.05) is 50.7 Å². The van der Waals surface area contributed by atoms with E-state index in [-0.39, 0.29) is 0 Å². The fourth-order valence-corrected chi connectivity index (χ4v) is 2.67. The Labute approximate surface area is 108 Å². The first kappa shape index (κ1) is 11.9. The lowest BCUT2D eigenvalue weighted by molar-refractivity contribution is 0.341. The number of H-pyrrole nitrogens is 1. The van der Waals surface area contributed by atoms with Gasteiger partial charge in [0.15, 0.2) is 0 Å². The topological polar surface area (TPSA) is 60.1 Å². The van der Waals surface area contributed by atoms with Gasteiger partial charge in [-0.25, -0.2) is 0 Å². The molecule has 18 heavy (non-hydrogen) atoms. The third-order valence-electron chi connectivity index (χ3n) is 3.78. The number of piperazine rings is 1. The molecule has 0 amide bonds. The summed E-state index contributed by atoms with van der Waals surface area (Å²) >= 11 is 0. The first-order chi connectivity index (χ1) is 8.92. The van der Waals surface area contributed by atoms with Crippen LogP contribution in [0.3, 0.4) is 0 Å². The smallest absolute Gasteiger partial charge is 0.244 e. The van der Waals surface area contributed by atoms with Gasteiger partial charge in [0.25, 0.3) is 0 Å². The van der Waals surface area contributed by atoms with Crippen LogP contribution in [-0.2, 0) is 6.42 Å². The highest BCUT2D eigenvalue weighted by atomic mass is 15.4. The zero-order chi connectivity index (χ0) is 12.2. The van der Waals surface area contributed by atoms with Gasteiger partial charge in [0.2, 0.25) is 5.95 Å². The van der Waals surface area contributed by atoms with Gasteiger partial charge in [-0.3, -0.25) is 5.10 Å². The van der Waals surface area contributed by atoms with Gasteiger partial charge in [-0.1, -0.05) is 0 Å². The highest BCUT2D eigenvalue weighted by molar-refractivity contribution is 5.29. The van der Waals surface area contributed by atoms with E-state index in [9.17, 15) is 0 Å². The molecule has 2 fully saturated rings. The van der Waals surface area contributed by atoms with Crippen molar-refractivity contribution in [2.24, 2.45) is 0 Å². The molecule has 0 aliphatic carbocycles. The maximum Gasteiger partial charge on any atom is 0.244 e. The molecule has 2 saturated heterocycles. The van der Waals surface area contributed by atoms with E-state index in [0.717, 1.165) is 50.9 Å². The van der Waals surface area contributed by atoms with Gasteiger partial charge in [-0.15, -0.1) is 5.10 Å². The number of aromatic amines is 1. The summed E-state index contributed by atoms with van der Waals surface area (Å²) in [6.45, 7) is 7.66. The summed E-state index contributed by atoms with van der Waals surface area (Å²) in [5.74, 6) is 1.89. The van der Waals surface area contributed by atoms with E-state index in [1.54, 1.807) is 0 Å². The lowest BCUT2D eigenvalue weighted by atomic mass is 10.4. The molecule has 2 aliphatic heterocycles. The van der Waals surface area contributed by atoms with Crippen molar-refractivity contribution in [1.29, 1.82) is 0 Å². The molecule has 6 heteroatoms. The van der Waals surface area contributed by atoms with Crippen LogP contribution in [0.2, 0.25) is 0 Å². The van der Waals surface area contributed by atoms with Crippen LogP contribution >= 0.6 is 0 Å². The molecule has 3 heterocycles.